The van der Waals surface area contributed by atoms with E-state index in [2.05, 4.69) is 63.8 Å². The number of aromatic nitrogens is 2. The molecule has 0 saturated carbocycles. The number of halogens is 1. The standard InChI is InChI=1S/C18H26BrN5/c1-12(2)9-24(10-13(3)4)18-16(20)17(21-11-22-18)23-15-8-6-5-7-14(15)19/h5-8,11-13H,9-10,20H2,1-4H3,(H,21,22,23). The Morgan fingerprint density at radius 1 is 1.08 bits per heavy atom. The van der Waals surface area contributed by atoms with Gasteiger partial charge in [0.05, 0.1) is 5.69 Å². The fraction of sp³-hybridized carbons (Fsp3) is 0.444. The van der Waals surface area contributed by atoms with Gasteiger partial charge >= 0.3 is 0 Å². The van der Waals surface area contributed by atoms with E-state index in [0.717, 1.165) is 29.1 Å². The highest BCUT2D eigenvalue weighted by atomic mass is 79.9. The molecule has 24 heavy (non-hydrogen) atoms. The van der Waals surface area contributed by atoms with Crippen LogP contribution in [0.15, 0.2) is 35.1 Å². The zero-order chi connectivity index (χ0) is 17.7. The second-order valence-electron chi connectivity index (χ2n) is 6.76. The topological polar surface area (TPSA) is 67.1 Å². The van der Waals surface area contributed by atoms with Gasteiger partial charge in [-0.2, -0.15) is 0 Å². The van der Waals surface area contributed by atoms with Crippen molar-refractivity contribution < 1.29 is 0 Å². The summed E-state index contributed by atoms with van der Waals surface area (Å²) in [6.07, 6.45) is 1.57. The summed E-state index contributed by atoms with van der Waals surface area (Å²) in [6, 6.07) is 7.89. The average molecular weight is 392 g/mol. The number of benzene rings is 1. The van der Waals surface area contributed by atoms with Crippen LogP contribution in [0.25, 0.3) is 0 Å². The van der Waals surface area contributed by atoms with Gasteiger partial charge in [-0.3, -0.25) is 0 Å². The molecule has 0 amide bonds. The first kappa shape index (κ1) is 18.5. The van der Waals surface area contributed by atoms with E-state index in [4.69, 9.17) is 5.73 Å². The van der Waals surface area contributed by atoms with Crippen LogP contribution in [0.1, 0.15) is 27.7 Å². The lowest BCUT2D eigenvalue weighted by Crippen LogP contribution is -2.32. The molecule has 0 bridgehead atoms. The second kappa shape index (κ2) is 8.33. The minimum Gasteiger partial charge on any atom is -0.393 e. The second-order valence-corrected chi connectivity index (χ2v) is 7.61. The van der Waals surface area contributed by atoms with E-state index in [9.17, 15) is 0 Å². The highest BCUT2D eigenvalue weighted by molar-refractivity contribution is 9.10. The molecule has 0 saturated heterocycles. The predicted molar refractivity (Wildman–Crippen MR) is 106 cm³/mol. The quantitative estimate of drug-likeness (QED) is 0.716. The van der Waals surface area contributed by atoms with Crippen molar-refractivity contribution in [2.45, 2.75) is 27.7 Å². The lowest BCUT2D eigenvalue weighted by Gasteiger charge is -2.28. The van der Waals surface area contributed by atoms with Gasteiger partial charge < -0.3 is 16.0 Å². The molecule has 0 unspecified atom stereocenters. The Bertz CT molecular complexity index is 662. The Hall–Kier alpha value is -1.82. The van der Waals surface area contributed by atoms with Crippen LogP contribution in [0.5, 0.6) is 0 Å². The predicted octanol–water partition coefficient (Wildman–Crippen LogP) is 4.68. The molecule has 1 aromatic carbocycles. The number of nitrogen functional groups attached to an aromatic ring is 1. The van der Waals surface area contributed by atoms with Gasteiger partial charge in [0, 0.05) is 17.6 Å². The summed E-state index contributed by atoms with van der Waals surface area (Å²) >= 11 is 3.53. The van der Waals surface area contributed by atoms with Gasteiger partial charge in [-0.05, 0) is 39.9 Å². The molecule has 130 valence electrons. The van der Waals surface area contributed by atoms with Crippen LogP contribution in [-0.2, 0) is 0 Å². The average Bonchev–Trinajstić information content (AvgIpc) is 2.50. The zero-order valence-electron chi connectivity index (χ0n) is 14.8. The molecule has 0 aliphatic heterocycles. The third-order valence-corrected chi connectivity index (χ3v) is 4.15. The van der Waals surface area contributed by atoms with Crippen LogP contribution in [-0.4, -0.2) is 23.1 Å². The van der Waals surface area contributed by atoms with Crippen molar-refractivity contribution in [3.63, 3.8) is 0 Å². The highest BCUT2D eigenvalue weighted by Crippen LogP contribution is 2.31. The summed E-state index contributed by atoms with van der Waals surface area (Å²) in [5, 5.41) is 3.29. The minimum absolute atomic E-state index is 0.526. The lowest BCUT2D eigenvalue weighted by molar-refractivity contribution is 0.549. The fourth-order valence-corrected chi connectivity index (χ4v) is 2.94. The third-order valence-electron chi connectivity index (χ3n) is 3.46. The van der Waals surface area contributed by atoms with E-state index in [1.54, 1.807) is 6.33 Å². The maximum Gasteiger partial charge on any atom is 0.159 e. The molecule has 0 atom stereocenters. The molecule has 6 heteroatoms. The summed E-state index contributed by atoms with van der Waals surface area (Å²) < 4.78 is 0.964. The number of hydrogen-bond donors (Lipinski definition) is 2. The van der Waals surface area contributed by atoms with E-state index < -0.39 is 0 Å². The zero-order valence-corrected chi connectivity index (χ0v) is 16.3. The summed E-state index contributed by atoms with van der Waals surface area (Å²) in [6.45, 7) is 10.6. The maximum atomic E-state index is 6.39. The van der Waals surface area contributed by atoms with Crippen LogP contribution in [0.4, 0.5) is 23.0 Å². The first-order valence-corrected chi connectivity index (χ1v) is 9.04. The molecule has 0 radical (unpaired) electrons. The lowest BCUT2D eigenvalue weighted by atomic mass is 10.1. The summed E-state index contributed by atoms with van der Waals surface area (Å²) in [5.41, 5.74) is 7.89. The molecular formula is C18H26BrN5. The van der Waals surface area contributed by atoms with Crippen molar-refractivity contribution in [2.24, 2.45) is 11.8 Å². The van der Waals surface area contributed by atoms with Crippen molar-refractivity contribution in [2.75, 3.05) is 29.0 Å². The number of anilines is 4. The van der Waals surface area contributed by atoms with Gasteiger partial charge in [-0.25, -0.2) is 9.97 Å². The van der Waals surface area contributed by atoms with Gasteiger partial charge in [0.25, 0.3) is 0 Å². The van der Waals surface area contributed by atoms with Crippen molar-refractivity contribution in [3.8, 4) is 0 Å². The van der Waals surface area contributed by atoms with Crippen molar-refractivity contribution in [1.29, 1.82) is 0 Å². The molecular weight excluding hydrogens is 366 g/mol. The van der Waals surface area contributed by atoms with Gasteiger partial charge in [0.1, 0.15) is 12.0 Å². The number of rotatable bonds is 7. The van der Waals surface area contributed by atoms with Gasteiger partial charge in [-0.1, -0.05) is 39.8 Å². The summed E-state index contributed by atoms with van der Waals surface area (Å²) in [7, 11) is 0. The minimum atomic E-state index is 0.526. The van der Waals surface area contributed by atoms with Crippen LogP contribution in [0.3, 0.4) is 0 Å². The number of nitrogens with two attached hydrogens (primary N) is 1. The van der Waals surface area contributed by atoms with E-state index in [0.29, 0.717) is 23.3 Å². The molecule has 0 aliphatic rings. The molecule has 5 nitrogen and oxygen atoms in total. The molecule has 2 aromatic rings. The molecule has 0 aliphatic carbocycles. The molecule has 0 fully saturated rings. The Balaban J connectivity index is 2.33. The monoisotopic (exact) mass is 391 g/mol. The number of para-hydroxylation sites is 1. The fourth-order valence-electron chi connectivity index (χ4n) is 2.56. The summed E-state index contributed by atoms with van der Waals surface area (Å²) in [5.74, 6) is 2.47. The Morgan fingerprint density at radius 3 is 2.29 bits per heavy atom. The van der Waals surface area contributed by atoms with Crippen molar-refractivity contribution in [1.82, 2.24) is 9.97 Å². The van der Waals surface area contributed by atoms with Gasteiger partial charge in [0.15, 0.2) is 11.6 Å². The highest BCUT2D eigenvalue weighted by Gasteiger charge is 2.17. The normalized spacial score (nSPS) is 11.1. The van der Waals surface area contributed by atoms with Crippen molar-refractivity contribution >= 4 is 38.9 Å². The van der Waals surface area contributed by atoms with Crippen LogP contribution in [0, 0.1) is 11.8 Å². The maximum absolute atomic E-state index is 6.39. The number of nitrogens with one attached hydrogen (secondary N) is 1. The van der Waals surface area contributed by atoms with E-state index >= 15 is 0 Å². The molecule has 1 heterocycles. The first-order valence-electron chi connectivity index (χ1n) is 8.25. The SMILES string of the molecule is CC(C)CN(CC(C)C)c1ncnc(Nc2ccccc2Br)c1N. The Kier molecular flexibility index (Phi) is 6.43. The van der Waals surface area contributed by atoms with E-state index in [-0.39, 0.29) is 0 Å². The molecule has 0 spiro atoms. The molecule has 1 aromatic heterocycles. The summed E-state index contributed by atoms with van der Waals surface area (Å²) in [4.78, 5) is 11.0. The molecule has 3 N–H and O–H groups in total. The Labute approximate surface area is 152 Å². The van der Waals surface area contributed by atoms with Crippen molar-refractivity contribution in [3.05, 3.63) is 35.1 Å². The van der Waals surface area contributed by atoms with Gasteiger partial charge in [-0.15, -0.1) is 0 Å². The van der Waals surface area contributed by atoms with Crippen LogP contribution < -0.4 is 16.0 Å². The smallest absolute Gasteiger partial charge is 0.159 e. The van der Waals surface area contributed by atoms with E-state index in [1.165, 1.54) is 0 Å². The van der Waals surface area contributed by atoms with Crippen LogP contribution >= 0.6 is 15.9 Å². The first-order chi connectivity index (χ1) is 11.4. The number of nitrogens with zero attached hydrogens (tertiary/aromatic N) is 3. The number of hydrogen-bond acceptors (Lipinski definition) is 5. The Morgan fingerprint density at radius 2 is 1.71 bits per heavy atom. The van der Waals surface area contributed by atoms with Gasteiger partial charge in [0.2, 0.25) is 0 Å². The third kappa shape index (κ3) is 4.84. The molecule has 2 rings (SSSR count). The largest absolute Gasteiger partial charge is 0.393 e. The van der Waals surface area contributed by atoms with E-state index in [1.807, 2.05) is 24.3 Å². The van der Waals surface area contributed by atoms with Crippen LogP contribution in [0.2, 0.25) is 0 Å².